The van der Waals surface area contributed by atoms with E-state index in [2.05, 4.69) is 191 Å². The van der Waals surface area contributed by atoms with Gasteiger partial charge in [-0.3, -0.25) is 0 Å². The molecule has 0 fully saturated rings. The van der Waals surface area contributed by atoms with E-state index in [0.29, 0.717) is 0 Å². The molecule has 2 nitrogen and oxygen atoms in total. The van der Waals surface area contributed by atoms with Gasteiger partial charge in [-0.15, -0.1) is 11.3 Å². The van der Waals surface area contributed by atoms with Gasteiger partial charge >= 0.3 is 0 Å². The number of benzene rings is 8. The lowest BCUT2D eigenvalue weighted by molar-refractivity contribution is 1.19. The Kier molecular flexibility index (Phi) is 6.16. The summed E-state index contributed by atoms with van der Waals surface area (Å²) >= 11 is 1.93. The molecular weight excluding hydrogens is 637 g/mol. The van der Waals surface area contributed by atoms with Crippen LogP contribution in [-0.4, -0.2) is 9.13 Å². The summed E-state index contributed by atoms with van der Waals surface area (Å²) in [5.74, 6) is 0. The van der Waals surface area contributed by atoms with E-state index in [4.69, 9.17) is 0 Å². The molecule has 3 heterocycles. The molecule has 0 saturated carbocycles. The molecule has 0 unspecified atom stereocenters. The molecule has 51 heavy (non-hydrogen) atoms. The largest absolute Gasteiger partial charge is 0.308 e. The fourth-order valence-corrected chi connectivity index (χ4v) is 9.57. The summed E-state index contributed by atoms with van der Waals surface area (Å²) in [6, 6.07) is 66.4. The molecule has 0 aliphatic carbocycles. The lowest BCUT2D eigenvalue weighted by Crippen LogP contribution is -1.93. The van der Waals surface area contributed by atoms with Gasteiger partial charge in [-0.1, -0.05) is 146 Å². The van der Waals surface area contributed by atoms with Gasteiger partial charge in [0.2, 0.25) is 0 Å². The molecular formula is C48H30N2S. The van der Waals surface area contributed by atoms with Gasteiger partial charge in [-0.25, -0.2) is 0 Å². The van der Waals surface area contributed by atoms with Gasteiger partial charge in [-0.05, 0) is 58.7 Å². The number of nitrogens with zero attached hydrogens (tertiary/aromatic N) is 2. The molecule has 11 rings (SSSR count). The summed E-state index contributed by atoms with van der Waals surface area (Å²) in [6.45, 7) is 0. The monoisotopic (exact) mass is 666 g/mol. The number of rotatable bonds is 4. The second kappa shape index (κ2) is 11.0. The predicted molar refractivity (Wildman–Crippen MR) is 219 cm³/mol. The highest BCUT2D eigenvalue weighted by molar-refractivity contribution is 7.27. The Bertz CT molecular complexity index is 2880. The molecule has 11 aromatic rings. The van der Waals surface area contributed by atoms with Gasteiger partial charge in [0.25, 0.3) is 0 Å². The number of hydrogen-bond donors (Lipinski definition) is 0. The SMILES string of the molecule is c1ccc(-c2ccc(-n3c4ccccc4c4ccc5c6ccc7c8ccccc8n(-c8ccc(-c9ccccc9)cc8)c7c6sc5c43)cc2)cc1. The molecule has 0 saturated heterocycles. The number of aromatic nitrogens is 2. The Morgan fingerprint density at radius 1 is 0.275 bits per heavy atom. The molecule has 238 valence electrons. The van der Waals surface area contributed by atoms with Crippen LogP contribution in [-0.2, 0) is 0 Å². The maximum Gasteiger partial charge on any atom is 0.0719 e. The molecule has 0 amide bonds. The van der Waals surface area contributed by atoms with Crippen LogP contribution in [0.25, 0.3) is 97.4 Å². The third kappa shape index (κ3) is 4.22. The highest BCUT2D eigenvalue weighted by Gasteiger charge is 2.21. The average molecular weight is 667 g/mol. The van der Waals surface area contributed by atoms with E-state index in [0.717, 1.165) is 0 Å². The third-order valence-corrected chi connectivity index (χ3v) is 11.8. The van der Waals surface area contributed by atoms with E-state index in [1.54, 1.807) is 0 Å². The lowest BCUT2D eigenvalue weighted by Gasteiger charge is -2.10. The van der Waals surface area contributed by atoms with Crippen molar-refractivity contribution in [3.05, 3.63) is 182 Å². The fraction of sp³-hybridized carbons (Fsp3) is 0. The highest BCUT2D eigenvalue weighted by Crippen LogP contribution is 2.47. The van der Waals surface area contributed by atoms with E-state index < -0.39 is 0 Å². The van der Waals surface area contributed by atoms with Crippen LogP contribution in [0.1, 0.15) is 0 Å². The zero-order chi connectivity index (χ0) is 33.5. The molecule has 0 aliphatic heterocycles. The predicted octanol–water partition coefficient (Wildman–Crippen LogP) is 13.6. The molecule has 3 aromatic heterocycles. The van der Waals surface area contributed by atoms with Crippen LogP contribution in [0, 0.1) is 0 Å². The van der Waals surface area contributed by atoms with Crippen LogP contribution in [0.15, 0.2) is 182 Å². The summed E-state index contributed by atoms with van der Waals surface area (Å²) in [7, 11) is 0. The first-order chi connectivity index (χ1) is 25.3. The number of para-hydroxylation sites is 2. The van der Waals surface area contributed by atoms with Crippen molar-refractivity contribution >= 4 is 75.1 Å². The second-order valence-corrected chi connectivity index (χ2v) is 14.3. The minimum absolute atomic E-state index is 1.17. The highest BCUT2D eigenvalue weighted by atomic mass is 32.1. The first-order valence-corrected chi connectivity index (χ1v) is 18.3. The smallest absolute Gasteiger partial charge is 0.0719 e. The normalized spacial score (nSPS) is 11.9. The maximum absolute atomic E-state index is 2.48. The number of hydrogen-bond acceptors (Lipinski definition) is 1. The number of fused-ring (bicyclic) bond motifs is 11. The van der Waals surface area contributed by atoms with E-state index in [1.807, 2.05) is 11.3 Å². The lowest BCUT2D eigenvalue weighted by atomic mass is 10.1. The van der Waals surface area contributed by atoms with Crippen molar-refractivity contribution in [2.45, 2.75) is 0 Å². The zero-order valence-corrected chi connectivity index (χ0v) is 28.4. The molecule has 0 spiro atoms. The average Bonchev–Trinajstić information content (AvgIpc) is 3.87. The Balaban J connectivity index is 1.19. The van der Waals surface area contributed by atoms with Crippen molar-refractivity contribution in [3.63, 3.8) is 0 Å². The molecule has 8 aromatic carbocycles. The zero-order valence-electron chi connectivity index (χ0n) is 27.6. The Hall–Kier alpha value is -6.42. The van der Waals surface area contributed by atoms with Crippen molar-refractivity contribution in [3.8, 4) is 33.6 Å². The van der Waals surface area contributed by atoms with Crippen LogP contribution < -0.4 is 0 Å². The van der Waals surface area contributed by atoms with E-state index >= 15 is 0 Å². The molecule has 0 bridgehead atoms. The molecule has 3 heteroatoms. The third-order valence-electron chi connectivity index (χ3n) is 10.5. The van der Waals surface area contributed by atoms with Gasteiger partial charge in [0.1, 0.15) is 0 Å². The quantitative estimate of drug-likeness (QED) is 0.177. The van der Waals surface area contributed by atoms with Crippen molar-refractivity contribution < 1.29 is 0 Å². The van der Waals surface area contributed by atoms with Crippen molar-refractivity contribution in [2.24, 2.45) is 0 Å². The van der Waals surface area contributed by atoms with Crippen LogP contribution >= 0.6 is 11.3 Å². The van der Waals surface area contributed by atoms with Crippen molar-refractivity contribution in [1.82, 2.24) is 9.13 Å². The van der Waals surface area contributed by atoms with Gasteiger partial charge in [0.05, 0.1) is 31.5 Å². The Morgan fingerprint density at radius 2 is 0.627 bits per heavy atom. The topological polar surface area (TPSA) is 9.86 Å². The van der Waals surface area contributed by atoms with E-state index in [-0.39, 0.29) is 0 Å². The van der Waals surface area contributed by atoms with Gasteiger partial charge < -0.3 is 9.13 Å². The molecule has 0 aliphatic rings. The first-order valence-electron chi connectivity index (χ1n) is 17.4. The van der Waals surface area contributed by atoms with Crippen LogP contribution in [0.3, 0.4) is 0 Å². The van der Waals surface area contributed by atoms with Crippen molar-refractivity contribution in [1.29, 1.82) is 0 Å². The molecule has 0 atom stereocenters. The van der Waals surface area contributed by atoms with Gasteiger partial charge in [0.15, 0.2) is 0 Å². The van der Waals surface area contributed by atoms with E-state index in [1.165, 1.54) is 97.4 Å². The van der Waals surface area contributed by atoms with Crippen LogP contribution in [0.4, 0.5) is 0 Å². The first kappa shape index (κ1) is 28.4. The minimum Gasteiger partial charge on any atom is -0.308 e. The summed E-state index contributed by atoms with van der Waals surface area (Å²) < 4.78 is 7.59. The van der Waals surface area contributed by atoms with Crippen LogP contribution in [0.5, 0.6) is 0 Å². The Morgan fingerprint density at radius 3 is 1.06 bits per heavy atom. The van der Waals surface area contributed by atoms with Crippen LogP contribution in [0.2, 0.25) is 0 Å². The molecule has 0 radical (unpaired) electrons. The standard InChI is InChI=1S/C48H30N2S/c1-3-11-31(12-4-1)33-19-23-35(24-20-33)49-43-17-9-7-15-37(43)39-27-29-41-42-30-28-40-38-16-8-10-18-44(38)50(46(40)48(42)51-47(41)45(39)49)36-25-21-34(22-26-36)32-13-5-2-6-14-32/h1-30H. The molecule has 0 N–H and O–H groups in total. The summed E-state index contributed by atoms with van der Waals surface area (Å²) in [4.78, 5) is 0. The summed E-state index contributed by atoms with van der Waals surface area (Å²) in [5.41, 5.74) is 12.2. The van der Waals surface area contributed by atoms with Gasteiger partial charge in [0, 0.05) is 43.7 Å². The maximum atomic E-state index is 2.48. The second-order valence-electron chi connectivity index (χ2n) is 13.3. The van der Waals surface area contributed by atoms with Gasteiger partial charge in [-0.2, -0.15) is 0 Å². The summed E-state index contributed by atoms with van der Waals surface area (Å²) in [5, 5.41) is 7.71. The fourth-order valence-electron chi connectivity index (χ4n) is 8.19. The number of thiophene rings is 1. The van der Waals surface area contributed by atoms with E-state index in [9.17, 15) is 0 Å². The minimum atomic E-state index is 1.17. The summed E-state index contributed by atoms with van der Waals surface area (Å²) in [6.07, 6.45) is 0. The van der Waals surface area contributed by atoms with Crippen molar-refractivity contribution in [2.75, 3.05) is 0 Å². The Labute approximate surface area is 298 Å².